The van der Waals surface area contributed by atoms with Crippen molar-refractivity contribution in [1.82, 2.24) is 29.7 Å². The minimum atomic E-state index is 0.0750. The number of aromatic nitrogens is 6. The maximum absolute atomic E-state index is 5.57. The second kappa shape index (κ2) is 4.77. The molecular formula is C16H14N6O. The lowest BCUT2D eigenvalue weighted by Crippen LogP contribution is -2.18. The van der Waals surface area contributed by atoms with Gasteiger partial charge in [0.05, 0.1) is 0 Å². The largest absolute Gasteiger partial charge is 0.346 e. The Morgan fingerprint density at radius 3 is 3.22 bits per heavy atom. The normalized spacial score (nSPS) is 17.5. The summed E-state index contributed by atoms with van der Waals surface area (Å²) >= 11 is 0. The fraction of sp³-hybridized carbons (Fsp3) is 0.250. The molecule has 0 saturated heterocycles. The Bertz CT molecular complexity index is 981. The summed E-state index contributed by atoms with van der Waals surface area (Å²) in [6.07, 6.45) is 10.5. The minimum Gasteiger partial charge on any atom is -0.346 e. The van der Waals surface area contributed by atoms with Crippen LogP contribution in [0.2, 0.25) is 0 Å². The molecular weight excluding hydrogens is 292 g/mol. The van der Waals surface area contributed by atoms with Crippen molar-refractivity contribution in [2.24, 2.45) is 0 Å². The van der Waals surface area contributed by atoms with Gasteiger partial charge in [-0.05, 0) is 25.0 Å². The van der Waals surface area contributed by atoms with Crippen LogP contribution < -0.4 is 0 Å². The van der Waals surface area contributed by atoms with Gasteiger partial charge in [0.15, 0.2) is 0 Å². The molecule has 7 heteroatoms. The Kier molecular flexibility index (Phi) is 2.61. The lowest BCUT2D eigenvalue weighted by Gasteiger charge is -2.21. The van der Waals surface area contributed by atoms with Gasteiger partial charge >= 0.3 is 0 Å². The number of nitrogens with zero attached hydrogens (tertiary/aromatic N) is 5. The van der Waals surface area contributed by atoms with E-state index in [-0.39, 0.29) is 6.04 Å². The summed E-state index contributed by atoms with van der Waals surface area (Å²) in [6.45, 7) is 0. The van der Waals surface area contributed by atoms with Gasteiger partial charge < -0.3 is 14.1 Å². The zero-order valence-electron chi connectivity index (χ0n) is 12.3. The number of hydrogen-bond acceptors (Lipinski definition) is 5. The number of hydrogen-bond donors (Lipinski definition) is 1. The highest BCUT2D eigenvalue weighted by molar-refractivity contribution is 5.90. The summed E-state index contributed by atoms with van der Waals surface area (Å²) in [5.74, 6) is 2.32. The first-order chi connectivity index (χ1) is 11.4. The number of imidazole rings is 1. The van der Waals surface area contributed by atoms with Crippen LogP contribution in [0.5, 0.6) is 0 Å². The van der Waals surface area contributed by atoms with Crippen molar-refractivity contribution in [3.8, 4) is 11.4 Å². The van der Waals surface area contributed by atoms with Crippen LogP contribution in [0.25, 0.3) is 22.4 Å². The molecule has 0 aromatic carbocycles. The van der Waals surface area contributed by atoms with Crippen molar-refractivity contribution in [3.63, 3.8) is 0 Å². The molecule has 1 atom stereocenters. The molecule has 1 aliphatic heterocycles. The number of aryl methyl sites for hydroxylation is 1. The minimum absolute atomic E-state index is 0.0750. The van der Waals surface area contributed by atoms with E-state index in [4.69, 9.17) is 4.52 Å². The first kappa shape index (κ1) is 12.6. The van der Waals surface area contributed by atoms with E-state index in [1.165, 1.54) is 0 Å². The van der Waals surface area contributed by atoms with Gasteiger partial charge in [-0.1, -0.05) is 5.16 Å². The molecule has 0 amide bonds. The Morgan fingerprint density at radius 1 is 1.22 bits per heavy atom. The Balaban J connectivity index is 1.58. The summed E-state index contributed by atoms with van der Waals surface area (Å²) in [6, 6.07) is 3.96. The number of aromatic amines is 1. The third-order valence-corrected chi connectivity index (χ3v) is 4.39. The summed E-state index contributed by atoms with van der Waals surface area (Å²) in [4.78, 5) is 16.4. The Labute approximate surface area is 131 Å². The van der Waals surface area contributed by atoms with Gasteiger partial charge in [0.25, 0.3) is 0 Å². The van der Waals surface area contributed by atoms with E-state index in [0.29, 0.717) is 11.7 Å². The van der Waals surface area contributed by atoms with Crippen LogP contribution in [0.3, 0.4) is 0 Å². The van der Waals surface area contributed by atoms with Crippen LogP contribution in [0.15, 0.2) is 41.4 Å². The fourth-order valence-electron chi connectivity index (χ4n) is 3.29. The number of H-pyrrole nitrogens is 1. The number of pyridine rings is 1. The molecule has 0 radical (unpaired) electrons. The van der Waals surface area contributed by atoms with Crippen molar-refractivity contribution >= 4 is 11.0 Å². The standard InChI is InChI=1S/C16H14N6O/c1-2-12(22-9-8-17-13(22)3-1)16-20-15(21-23-16)11-5-7-19-14-10(11)4-6-18-14/h4-9,12H,1-3H2,(H,18,19). The van der Waals surface area contributed by atoms with Crippen LogP contribution in [-0.2, 0) is 6.42 Å². The lowest BCUT2D eigenvalue weighted by molar-refractivity contribution is 0.309. The predicted octanol–water partition coefficient (Wildman–Crippen LogP) is 2.74. The molecule has 0 bridgehead atoms. The van der Waals surface area contributed by atoms with Crippen LogP contribution in [0, 0.1) is 0 Å². The summed E-state index contributed by atoms with van der Waals surface area (Å²) in [7, 11) is 0. The van der Waals surface area contributed by atoms with Gasteiger partial charge in [-0.2, -0.15) is 4.98 Å². The zero-order valence-corrected chi connectivity index (χ0v) is 12.3. The Hall–Kier alpha value is -2.96. The van der Waals surface area contributed by atoms with Crippen LogP contribution >= 0.6 is 0 Å². The third kappa shape index (κ3) is 1.89. The van der Waals surface area contributed by atoms with E-state index in [1.807, 2.05) is 30.7 Å². The van der Waals surface area contributed by atoms with Crippen molar-refractivity contribution in [3.05, 3.63) is 48.6 Å². The van der Waals surface area contributed by atoms with Gasteiger partial charge in [0.1, 0.15) is 17.5 Å². The van der Waals surface area contributed by atoms with Crippen LogP contribution in [-0.4, -0.2) is 29.7 Å². The second-order valence-electron chi connectivity index (χ2n) is 5.71. The summed E-state index contributed by atoms with van der Waals surface area (Å²) in [5, 5.41) is 5.18. The maximum Gasteiger partial charge on any atom is 0.250 e. The van der Waals surface area contributed by atoms with Crippen molar-refractivity contribution in [2.75, 3.05) is 0 Å². The molecule has 5 heterocycles. The van der Waals surface area contributed by atoms with E-state index in [2.05, 4.69) is 29.7 Å². The molecule has 0 aliphatic carbocycles. The molecule has 1 aliphatic rings. The number of nitrogens with one attached hydrogen (secondary N) is 1. The summed E-state index contributed by atoms with van der Waals surface area (Å²) in [5.41, 5.74) is 1.75. The van der Waals surface area contributed by atoms with E-state index in [1.54, 1.807) is 6.20 Å². The van der Waals surface area contributed by atoms with Crippen LogP contribution in [0.4, 0.5) is 0 Å². The smallest absolute Gasteiger partial charge is 0.250 e. The monoisotopic (exact) mass is 306 g/mol. The quantitative estimate of drug-likeness (QED) is 0.615. The molecule has 1 N–H and O–H groups in total. The van der Waals surface area contributed by atoms with E-state index in [0.717, 1.165) is 41.7 Å². The van der Waals surface area contributed by atoms with Crippen molar-refractivity contribution in [2.45, 2.75) is 25.3 Å². The van der Waals surface area contributed by atoms with E-state index < -0.39 is 0 Å². The van der Waals surface area contributed by atoms with Gasteiger partial charge in [-0.15, -0.1) is 0 Å². The van der Waals surface area contributed by atoms with Gasteiger partial charge in [0, 0.05) is 42.2 Å². The highest BCUT2D eigenvalue weighted by atomic mass is 16.5. The predicted molar refractivity (Wildman–Crippen MR) is 82.7 cm³/mol. The van der Waals surface area contributed by atoms with Gasteiger partial charge in [-0.3, -0.25) is 0 Å². The first-order valence-corrected chi connectivity index (χ1v) is 7.68. The van der Waals surface area contributed by atoms with Gasteiger partial charge in [0.2, 0.25) is 11.7 Å². The molecule has 4 aromatic heterocycles. The molecule has 7 nitrogen and oxygen atoms in total. The highest BCUT2D eigenvalue weighted by Gasteiger charge is 2.26. The molecule has 0 saturated carbocycles. The molecule has 4 aromatic rings. The second-order valence-corrected chi connectivity index (χ2v) is 5.71. The zero-order chi connectivity index (χ0) is 15.2. The van der Waals surface area contributed by atoms with Crippen molar-refractivity contribution < 1.29 is 4.52 Å². The van der Waals surface area contributed by atoms with Crippen molar-refractivity contribution in [1.29, 1.82) is 0 Å². The maximum atomic E-state index is 5.57. The third-order valence-electron chi connectivity index (χ3n) is 4.39. The van der Waals surface area contributed by atoms with Crippen LogP contribution in [0.1, 0.15) is 30.6 Å². The molecule has 0 spiro atoms. The SMILES string of the molecule is c1cn2c(n1)CCCC2c1nc(-c2ccnc3[nH]ccc23)no1. The Morgan fingerprint density at radius 2 is 2.22 bits per heavy atom. The topological polar surface area (TPSA) is 85.4 Å². The number of fused-ring (bicyclic) bond motifs is 2. The summed E-state index contributed by atoms with van der Waals surface area (Å²) < 4.78 is 7.71. The molecule has 5 rings (SSSR count). The van der Waals surface area contributed by atoms with E-state index >= 15 is 0 Å². The lowest BCUT2D eigenvalue weighted by atomic mass is 10.0. The average Bonchev–Trinajstić information content (AvgIpc) is 3.32. The van der Waals surface area contributed by atoms with E-state index in [9.17, 15) is 0 Å². The molecule has 0 fully saturated rings. The number of rotatable bonds is 2. The first-order valence-electron chi connectivity index (χ1n) is 7.68. The molecule has 23 heavy (non-hydrogen) atoms. The highest BCUT2D eigenvalue weighted by Crippen LogP contribution is 2.31. The molecule has 114 valence electrons. The fourth-order valence-corrected chi connectivity index (χ4v) is 3.29. The van der Waals surface area contributed by atoms with Gasteiger partial charge in [-0.25, -0.2) is 9.97 Å². The average molecular weight is 306 g/mol. The molecule has 1 unspecified atom stereocenters.